The molecule has 0 amide bonds. The van der Waals surface area contributed by atoms with Gasteiger partial charge in [0.25, 0.3) is 0 Å². The van der Waals surface area contributed by atoms with Crippen LogP contribution in [-0.4, -0.2) is 0 Å². The first-order valence-electron chi connectivity index (χ1n) is 27.6. The van der Waals surface area contributed by atoms with Gasteiger partial charge in [-0.1, -0.05) is 156 Å². The molecule has 9 saturated carbocycles. The summed E-state index contributed by atoms with van der Waals surface area (Å²) in [7, 11) is 0. The zero-order valence-electron chi connectivity index (χ0n) is 44.5. The summed E-state index contributed by atoms with van der Waals surface area (Å²) in [6.45, 7) is 38.4. The fourth-order valence-electron chi connectivity index (χ4n) is 15.3. The predicted octanol–water partition coefficient (Wildman–Crippen LogP) is 20.3. The van der Waals surface area contributed by atoms with E-state index in [1.165, 1.54) is 148 Å². The Hall–Kier alpha value is 0. The number of rotatable bonds is 0. The Morgan fingerprint density at radius 1 is 0.300 bits per heavy atom. The van der Waals surface area contributed by atoms with E-state index in [1.807, 2.05) is 0 Å². The molecule has 4 spiro atoms. The molecule has 0 radical (unpaired) electrons. The summed E-state index contributed by atoms with van der Waals surface area (Å²) in [6, 6.07) is 0. The van der Waals surface area contributed by atoms with Gasteiger partial charge in [0.2, 0.25) is 0 Å². The van der Waals surface area contributed by atoms with Crippen LogP contribution in [0, 0.1) is 84.2 Å². The lowest BCUT2D eigenvalue weighted by atomic mass is 9.56. The first kappa shape index (κ1) is 51.0. The molecule has 9 rings (SSSR count). The van der Waals surface area contributed by atoms with Crippen LogP contribution in [0.1, 0.15) is 297 Å². The molecule has 0 aliphatic heterocycles. The second-order valence-electron chi connectivity index (χ2n) is 30.2. The van der Waals surface area contributed by atoms with Crippen molar-refractivity contribution in [2.45, 2.75) is 297 Å². The van der Waals surface area contributed by atoms with Crippen molar-refractivity contribution in [1.82, 2.24) is 0 Å². The Bertz CT molecular complexity index is 1240. The fourth-order valence-corrected chi connectivity index (χ4v) is 15.3. The summed E-state index contributed by atoms with van der Waals surface area (Å²) in [5, 5.41) is 0. The van der Waals surface area contributed by atoms with Gasteiger partial charge in [-0.3, -0.25) is 0 Å². The van der Waals surface area contributed by atoms with Crippen LogP contribution in [0.5, 0.6) is 0 Å². The van der Waals surface area contributed by atoms with Gasteiger partial charge in [-0.2, -0.15) is 0 Å². The maximum atomic E-state index is 2.42. The van der Waals surface area contributed by atoms with E-state index in [2.05, 4.69) is 111 Å². The Labute approximate surface area is 379 Å². The Balaban J connectivity index is 0.000000143. The van der Waals surface area contributed by atoms with Crippen molar-refractivity contribution in [3.05, 3.63) is 0 Å². The molecule has 2 unspecified atom stereocenters. The molecular weight excluding hydrogens is 721 g/mol. The molecule has 2 atom stereocenters. The first-order valence-corrected chi connectivity index (χ1v) is 27.6. The topological polar surface area (TPSA) is 0 Å². The van der Waals surface area contributed by atoms with Gasteiger partial charge in [-0.05, 0) is 226 Å². The smallest absolute Gasteiger partial charge is 0.0261 e. The lowest BCUT2D eigenvalue weighted by Gasteiger charge is -2.49. The summed E-state index contributed by atoms with van der Waals surface area (Å²) < 4.78 is 0. The molecule has 0 bridgehead atoms. The minimum atomic E-state index is 0.556. The van der Waals surface area contributed by atoms with E-state index in [4.69, 9.17) is 0 Å². The summed E-state index contributed by atoms with van der Waals surface area (Å²) in [4.78, 5) is 0. The van der Waals surface area contributed by atoms with Gasteiger partial charge in [-0.15, -0.1) is 0 Å². The monoisotopic (exact) mass is 833 g/mol. The van der Waals surface area contributed by atoms with E-state index >= 15 is 0 Å². The molecule has 0 nitrogen and oxygen atoms in total. The molecule has 0 heteroatoms. The second-order valence-corrected chi connectivity index (χ2v) is 30.2. The van der Waals surface area contributed by atoms with Gasteiger partial charge in [-0.25, -0.2) is 0 Å². The molecule has 0 aromatic heterocycles. The van der Waals surface area contributed by atoms with Crippen LogP contribution >= 0.6 is 0 Å². The number of hydrogen-bond acceptors (Lipinski definition) is 0. The van der Waals surface area contributed by atoms with E-state index < -0.39 is 0 Å². The van der Waals surface area contributed by atoms with Crippen LogP contribution in [0.15, 0.2) is 0 Å². The molecule has 9 aliphatic rings. The van der Waals surface area contributed by atoms with Gasteiger partial charge in [0.15, 0.2) is 0 Å². The summed E-state index contributed by atoms with van der Waals surface area (Å²) in [5.74, 6) is 6.07. The zero-order valence-corrected chi connectivity index (χ0v) is 44.5. The summed E-state index contributed by atoms with van der Waals surface area (Å²) >= 11 is 0. The van der Waals surface area contributed by atoms with Crippen molar-refractivity contribution < 1.29 is 0 Å². The van der Waals surface area contributed by atoms with E-state index in [1.54, 1.807) is 38.5 Å². The highest BCUT2D eigenvalue weighted by atomic mass is 14.6. The van der Waals surface area contributed by atoms with Gasteiger partial charge in [0.05, 0.1) is 0 Å². The third-order valence-corrected chi connectivity index (χ3v) is 20.6. The highest BCUT2D eigenvalue weighted by Crippen LogP contribution is 2.68. The maximum Gasteiger partial charge on any atom is -0.0261 e. The Kier molecular flexibility index (Phi) is 16.5. The molecule has 0 aromatic carbocycles. The summed E-state index contributed by atoms with van der Waals surface area (Å²) in [5.41, 5.74) is 6.17. The largest absolute Gasteiger partial charge is 0.0625 e. The van der Waals surface area contributed by atoms with Crippen LogP contribution in [0.3, 0.4) is 0 Å². The standard InChI is InChI=1S/C14H26.2C13H24.C11H20.C9H18/c1-13(2,3)12-6-10-14(11-7-12)8-4-5-9-14;1-12(2,3)11-5-9-13(10-6-11)7-4-8-13;1-12(2,3)11-6-9-13(10-11)7-4-5-8-13;1-10(2,3)9-8-11(9)6-4-5-7-11;1-7-5-8(6-7)9(2,3)4/h12H,4-11H2,1-3H3;2*11H,4-10H2,1-3H3;9H,4-8H2,1-3H3;7-8H,5-6H2,1-4H3. The zero-order chi connectivity index (χ0) is 44.5. The highest BCUT2D eigenvalue weighted by molar-refractivity contribution is 5.08. The number of hydrogen-bond donors (Lipinski definition) is 0. The van der Waals surface area contributed by atoms with Gasteiger partial charge >= 0.3 is 0 Å². The third-order valence-electron chi connectivity index (χ3n) is 20.6. The van der Waals surface area contributed by atoms with Crippen molar-refractivity contribution in [3.63, 3.8) is 0 Å². The van der Waals surface area contributed by atoms with Gasteiger partial charge in [0.1, 0.15) is 0 Å². The average molecular weight is 834 g/mol. The lowest BCUT2D eigenvalue weighted by molar-refractivity contribution is 0.0261. The van der Waals surface area contributed by atoms with Crippen LogP contribution < -0.4 is 0 Å². The molecule has 9 fully saturated rings. The Morgan fingerprint density at radius 3 is 0.883 bits per heavy atom. The molecule has 0 N–H and O–H groups in total. The van der Waals surface area contributed by atoms with E-state index in [9.17, 15) is 0 Å². The van der Waals surface area contributed by atoms with E-state index in [-0.39, 0.29) is 0 Å². The molecule has 60 heavy (non-hydrogen) atoms. The quantitative estimate of drug-likeness (QED) is 0.228. The average Bonchev–Trinajstić information content (AvgIpc) is 3.67. The van der Waals surface area contributed by atoms with Crippen molar-refractivity contribution in [2.75, 3.05) is 0 Å². The molecule has 9 aliphatic carbocycles. The van der Waals surface area contributed by atoms with Crippen LogP contribution in [0.4, 0.5) is 0 Å². The van der Waals surface area contributed by atoms with Crippen LogP contribution in [0.2, 0.25) is 0 Å². The minimum Gasteiger partial charge on any atom is -0.0625 e. The van der Waals surface area contributed by atoms with Gasteiger partial charge < -0.3 is 0 Å². The normalized spacial score (nSPS) is 32.7. The second kappa shape index (κ2) is 19.5. The highest BCUT2D eigenvalue weighted by Gasteiger charge is 2.59. The fraction of sp³-hybridized carbons (Fsp3) is 1.00. The van der Waals surface area contributed by atoms with Crippen molar-refractivity contribution >= 4 is 0 Å². The van der Waals surface area contributed by atoms with Crippen molar-refractivity contribution in [2.24, 2.45) is 84.2 Å². The van der Waals surface area contributed by atoms with Crippen LogP contribution in [-0.2, 0) is 0 Å². The maximum absolute atomic E-state index is 2.42. The third kappa shape index (κ3) is 13.8. The molecule has 352 valence electrons. The lowest BCUT2D eigenvalue weighted by Crippen LogP contribution is -2.36. The molecule has 0 saturated heterocycles. The van der Waals surface area contributed by atoms with E-state index in [0.717, 1.165) is 57.2 Å². The van der Waals surface area contributed by atoms with Crippen LogP contribution in [0.25, 0.3) is 0 Å². The first-order chi connectivity index (χ1) is 27.6. The van der Waals surface area contributed by atoms with Gasteiger partial charge in [0, 0.05) is 0 Å². The predicted molar refractivity (Wildman–Crippen MR) is 268 cm³/mol. The SMILES string of the molecule is CC(C)(C)C1CC12CCCC2.CC(C)(C)C1CCC2(CCC2)CC1.CC(C)(C)C1CCC2(CCCC2)C1.CC(C)(C)C1CCC2(CCCC2)CC1.CC1CC(C(C)(C)C)C1. The van der Waals surface area contributed by atoms with Crippen molar-refractivity contribution in [1.29, 1.82) is 0 Å². The molecule has 0 aromatic rings. The molecular formula is C60H112. The van der Waals surface area contributed by atoms with Crippen molar-refractivity contribution in [3.8, 4) is 0 Å². The Morgan fingerprint density at radius 2 is 0.617 bits per heavy atom. The van der Waals surface area contributed by atoms with E-state index in [0.29, 0.717) is 27.1 Å². The molecule has 0 heterocycles. The minimum absolute atomic E-state index is 0.556. The summed E-state index contributed by atoms with van der Waals surface area (Å²) in [6.07, 6.45) is 44.1.